The molecule has 1 atom stereocenters. The molecule has 1 amide bonds. The summed E-state index contributed by atoms with van der Waals surface area (Å²) in [6, 6.07) is 0.429. The Morgan fingerprint density at radius 3 is 2.26 bits per heavy atom. The van der Waals surface area contributed by atoms with Crippen LogP contribution in [0.2, 0.25) is 0 Å². The molecule has 1 aliphatic carbocycles. The second kappa shape index (κ2) is 6.71. The first kappa shape index (κ1) is 16.4. The number of hydrogen-bond acceptors (Lipinski definition) is 3. The maximum Gasteiger partial charge on any atom is 0.239 e. The number of nitrogens with one attached hydrogen (secondary N) is 1. The van der Waals surface area contributed by atoms with Crippen LogP contribution in [-0.2, 0) is 4.79 Å². The van der Waals surface area contributed by atoms with Crippen molar-refractivity contribution >= 4 is 5.91 Å². The number of nitrogens with zero attached hydrogens (tertiary/aromatic N) is 1. The first-order valence-electron chi connectivity index (χ1n) is 7.62. The molecule has 1 fully saturated rings. The monoisotopic (exact) mass is 269 g/mol. The Balaban J connectivity index is 2.87. The van der Waals surface area contributed by atoms with Crippen LogP contribution in [0.4, 0.5) is 0 Å². The number of carbonyl (C=O) groups excluding carboxylic acids is 1. The van der Waals surface area contributed by atoms with Crippen molar-refractivity contribution in [3.8, 4) is 0 Å². The van der Waals surface area contributed by atoms with Gasteiger partial charge in [0.25, 0.3) is 0 Å². The Morgan fingerprint density at radius 1 is 1.37 bits per heavy atom. The Kier molecular flexibility index (Phi) is 5.81. The number of likely N-dealkylation sites (N-methyl/N-ethyl adjacent to an activating group) is 1. The third kappa shape index (κ3) is 4.18. The van der Waals surface area contributed by atoms with Gasteiger partial charge in [-0.2, -0.15) is 0 Å². The maximum absolute atomic E-state index is 12.1. The third-order valence-electron chi connectivity index (χ3n) is 3.99. The number of carbonyl (C=O) groups is 1. The van der Waals surface area contributed by atoms with Crippen molar-refractivity contribution in [3.05, 3.63) is 0 Å². The molecule has 0 aliphatic heterocycles. The van der Waals surface area contributed by atoms with Crippen molar-refractivity contribution < 1.29 is 4.79 Å². The molecule has 112 valence electrons. The van der Waals surface area contributed by atoms with E-state index < -0.39 is 5.54 Å². The van der Waals surface area contributed by atoms with Gasteiger partial charge < -0.3 is 11.1 Å². The molecule has 1 aliphatic rings. The number of primary amides is 1. The summed E-state index contributed by atoms with van der Waals surface area (Å²) in [5.74, 6) is 0.818. The minimum Gasteiger partial charge on any atom is -0.368 e. The lowest BCUT2D eigenvalue weighted by molar-refractivity contribution is -0.126. The van der Waals surface area contributed by atoms with Crippen LogP contribution >= 0.6 is 0 Å². The minimum absolute atomic E-state index is 0.189. The average molecular weight is 269 g/mol. The second-order valence-electron chi connectivity index (χ2n) is 6.56. The highest BCUT2D eigenvalue weighted by Crippen LogP contribution is 2.40. The van der Waals surface area contributed by atoms with E-state index in [9.17, 15) is 4.79 Å². The van der Waals surface area contributed by atoms with Crippen LogP contribution in [0.1, 0.15) is 47.5 Å². The van der Waals surface area contributed by atoms with E-state index >= 15 is 0 Å². The van der Waals surface area contributed by atoms with Gasteiger partial charge in [0, 0.05) is 19.1 Å². The Bertz CT molecular complexity index is 300. The van der Waals surface area contributed by atoms with Gasteiger partial charge in [-0.15, -0.1) is 0 Å². The molecule has 19 heavy (non-hydrogen) atoms. The van der Waals surface area contributed by atoms with E-state index in [-0.39, 0.29) is 5.91 Å². The van der Waals surface area contributed by atoms with Crippen LogP contribution in [0, 0.1) is 11.8 Å². The highest BCUT2D eigenvalue weighted by Gasteiger charge is 2.50. The highest BCUT2D eigenvalue weighted by molar-refractivity contribution is 5.86. The Hall–Kier alpha value is -0.610. The van der Waals surface area contributed by atoms with Crippen LogP contribution in [0.15, 0.2) is 0 Å². The van der Waals surface area contributed by atoms with Gasteiger partial charge in [0.2, 0.25) is 5.91 Å². The van der Waals surface area contributed by atoms with Crippen molar-refractivity contribution in [2.75, 3.05) is 19.6 Å². The molecule has 0 aromatic rings. The van der Waals surface area contributed by atoms with Gasteiger partial charge in [0.05, 0.1) is 0 Å². The molecule has 3 N–H and O–H groups in total. The summed E-state index contributed by atoms with van der Waals surface area (Å²) in [5.41, 5.74) is 5.22. The van der Waals surface area contributed by atoms with Crippen LogP contribution in [0.3, 0.4) is 0 Å². The highest BCUT2D eigenvalue weighted by atomic mass is 16.1. The molecule has 0 spiro atoms. The molecule has 0 saturated heterocycles. The van der Waals surface area contributed by atoms with E-state index in [0.29, 0.717) is 17.9 Å². The first-order valence-corrected chi connectivity index (χ1v) is 7.62. The zero-order valence-corrected chi connectivity index (χ0v) is 13.2. The fourth-order valence-electron chi connectivity index (χ4n) is 2.83. The summed E-state index contributed by atoms with van der Waals surface area (Å²) in [4.78, 5) is 14.5. The SMILES string of the molecule is CCNC(CN(CC(C)C)C(C)C)(C(N)=O)C1CC1. The zero-order valence-electron chi connectivity index (χ0n) is 13.2. The van der Waals surface area contributed by atoms with Crippen molar-refractivity contribution in [3.63, 3.8) is 0 Å². The van der Waals surface area contributed by atoms with E-state index in [0.717, 1.165) is 32.5 Å². The van der Waals surface area contributed by atoms with Gasteiger partial charge in [-0.3, -0.25) is 9.69 Å². The van der Waals surface area contributed by atoms with E-state index in [4.69, 9.17) is 5.73 Å². The van der Waals surface area contributed by atoms with Crippen molar-refractivity contribution in [1.29, 1.82) is 0 Å². The molecule has 0 aromatic heterocycles. The molecule has 1 rings (SSSR count). The summed E-state index contributed by atoms with van der Waals surface area (Å²) < 4.78 is 0. The Morgan fingerprint density at radius 2 is 1.95 bits per heavy atom. The predicted molar refractivity (Wildman–Crippen MR) is 79.9 cm³/mol. The lowest BCUT2D eigenvalue weighted by atomic mass is 9.90. The van der Waals surface area contributed by atoms with E-state index in [1.807, 2.05) is 6.92 Å². The van der Waals surface area contributed by atoms with Crippen molar-refractivity contribution in [2.45, 2.75) is 59.0 Å². The lowest BCUT2D eigenvalue weighted by Gasteiger charge is -2.39. The molecule has 4 heteroatoms. The summed E-state index contributed by atoms with van der Waals surface area (Å²) in [7, 11) is 0. The second-order valence-corrected chi connectivity index (χ2v) is 6.56. The maximum atomic E-state index is 12.1. The molecule has 0 bridgehead atoms. The predicted octanol–water partition coefficient (Wildman–Crippen LogP) is 1.60. The van der Waals surface area contributed by atoms with Gasteiger partial charge in [0.1, 0.15) is 5.54 Å². The van der Waals surface area contributed by atoms with Gasteiger partial charge in [-0.25, -0.2) is 0 Å². The molecule has 1 saturated carbocycles. The zero-order chi connectivity index (χ0) is 14.6. The largest absolute Gasteiger partial charge is 0.368 e. The quantitative estimate of drug-likeness (QED) is 0.668. The van der Waals surface area contributed by atoms with Crippen molar-refractivity contribution in [2.24, 2.45) is 17.6 Å². The molecule has 0 heterocycles. The molecule has 4 nitrogen and oxygen atoms in total. The van der Waals surface area contributed by atoms with Crippen LogP contribution in [0.25, 0.3) is 0 Å². The van der Waals surface area contributed by atoms with Gasteiger partial charge in [-0.05, 0) is 45.1 Å². The minimum atomic E-state index is -0.534. The van der Waals surface area contributed by atoms with Gasteiger partial charge in [0.15, 0.2) is 0 Å². The number of hydrogen-bond donors (Lipinski definition) is 2. The standard InChI is InChI=1S/C15H31N3O/c1-6-17-15(14(16)19,13-7-8-13)10-18(12(4)5)9-11(2)3/h11-13,17H,6-10H2,1-5H3,(H2,16,19). The van der Waals surface area contributed by atoms with E-state index in [1.165, 1.54) is 0 Å². The fourth-order valence-corrected chi connectivity index (χ4v) is 2.83. The summed E-state index contributed by atoms with van der Waals surface area (Å²) in [6.07, 6.45) is 2.23. The number of nitrogens with two attached hydrogens (primary N) is 1. The smallest absolute Gasteiger partial charge is 0.239 e. The molecular formula is C15H31N3O. The topological polar surface area (TPSA) is 58.4 Å². The van der Waals surface area contributed by atoms with E-state index in [1.54, 1.807) is 0 Å². The average Bonchev–Trinajstić information content (AvgIpc) is 3.09. The van der Waals surface area contributed by atoms with Gasteiger partial charge >= 0.3 is 0 Å². The summed E-state index contributed by atoms with van der Waals surface area (Å²) >= 11 is 0. The molecule has 1 unspecified atom stereocenters. The molecule has 0 radical (unpaired) electrons. The molecular weight excluding hydrogens is 238 g/mol. The van der Waals surface area contributed by atoms with Crippen molar-refractivity contribution in [1.82, 2.24) is 10.2 Å². The number of rotatable bonds is 9. The normalized spacial score (nSPS) is 19.2. The number of amides is 1. The summed E-state index contributed by atoms with van der Waals surface area (Å²) in [5, 5.41) is 3.40. The first-order chi connectivity index (χ1) is 8.83. The van der Waals surface area contributed by atoms with Crippen LogP contribution in [-0.4, -0.2) is 42.0 Å². The van der Waals surface area contributed by atoms with Gasteiger partial charge in [-0.1, -0.05) is 20.8 Å². The van der Waals surface area contributed by atoms with E-state index in [2.05, 4.69) is 37.9 Å². The summed E-state index contributed by atoms with van der Waals surface area (Å²) in [6.45, 7) is 13.4. The van der Waals surface area contributed by atoms with Crippen LogP contribution < -0.4 is 11.1 Å². The third-order valence-corrected chi connectivity index (χ3v) is 3.99. The Labute approximate surface area is 118 Å². The van der Waals surface area contributed by atoms with Crippen LogP contribution in [0.5, 0.6) is 0 Å². The fraction of sp³-hybridized carbons (Fsp3) is 0.933. The lowest BCUT2D eigenvalue weighted by Crippen LogP contribution is -2.64. The molecule has 0 aromatic carbocycles.